The molecule has 0 bridgehead atoms. The molecule has 0 aliphatic carbocycles. The van der Waals surface area contributed by atoms with Crippen LogP contribution >= 0.6 is 11.3 Å². The first kappa shape index (κ1) is 16.4. The Morgan fingerprint density at radius 2 is 2.17 bits per heavy atom. The predicted octanol–water partition coefficient (Wildman–Crippen LogP) is 2.67. The number of anilines is 1. The molecular weight excluding hydrogens is 330 g/mol. The maximum atomic E-state index is 11.8. The van der Waals surface area contributed by atoms with Gasteiger partial charge in [0.2, 0.25) is 0 Å². The molecule has 0 aromatic carbocycles. The summed E-state index contributed by atoms with van der Waals surface area (Å²) in [5.41, 5.74) is 0.361. The van der Waals surface area contributed by atoms with Crippen molar-refractivity contribution in [3.8, 4) is 0 Å². The summed E-state index contributed by atoms with van der Waals surface area (Å²) < 4.78 is 4.76. The number of aryl methyl sites for hydroxylation is 1. The second kappa shape index (κ2) is 6.56. The van der Waals surface area contributed by atoms with Crippen LogP contribution in [0, 0.1) is 6.92 Å². The molecule has 0 amide bonds. The SMILES string of the molecule is COC(=O)c1nc(C2CCCN2c2cccc(C(=O)O)n2)sc1C. The van der Waals surface area contributed by atoms with Gasteiger partial charge in [-0.25, -0.2) is 19.6 Å². The van der Waals surface area contributed by atoms with Crippen molar-refractivity contribution in [3.05, 3.63) is 39.5 Å². The largest absolute Gasteiger partial charge is 0.477 e. The molecule has 24 heavy (non-hydrogen) atoms. The molecule has 1 unspecified atom stereocenters. The van der Waals surface area contributed by atoms with Crippen molar-refractivity contribution < 1.29 is 19.4 Å². The third-order valence-electron chi connectivity index (χ3n) is 3.98. The average molecular weight is 347 g/mol. The van der Waals surface area contributed by atoms with Crippen LogP contribution in [0.3, 0.4) is 0 Å². The van der Waals surface area contributed by atoms with Gasteiger partial charge in [-0.2, -0.15) is 0 Å². The van der Waals surface area contributed by atoms with Crippen molar-refractivity contribution in [1.29, 1.82) is 0 Å². The average Bonchev–Trinajstić information content (AvgIpc) is 3.20. The van der Waals surface area contributed by atoms with Gasteiger partial charge in [-0.1, -0.05) is 6.07 Å². The van der Waals surface area contributed by atoms with Gasteiger partial charge in [-0.05, 0) is 31.9 Å². The number of methoxy groups -OCH3 is 1. The Kier molecular flexibility index (Phi) is 4.48. The number of rotatable bonds is 4. The minimum absolute atomic E-state index is 0.0105. The fraction of sp³-hybridized carbons (Fsp3) is 0.375. The molecule has 2 aromatic rings. The molecule has 7 nitrogen and oxygen atoms in total. The van der Waals surface area contributed by atoms with E-state index < -0.39 is 11.9 Å². The van der Waals surface area contributed by atoms with Crippen molar-refractivity contribution >= 4 is 29.1 Å². The zero-order chi connectivity index (χ0) is 17.3. The van der Waals surface area contributed by atoms with E-state index >= 15 is 0 Å². The van der Waals surface area contributed by atoms with Crippen LogP contribution in [0.5, 0.6) is 0 Å². The number of carbonyl (C=O) groups is 2. The van der Waals surface area contributed by atoms with Crippen LogP contribution in [0.25, 0.3) is 0 Å². The van der Waals surface area contributed by atoms with E-state index in [2.05, 4.69) is 9.97 Å². The molecule has 0 spiro atoms. The first-order valence-electron chi connectivity index (χ1n) is 7.54. The van der Waals surface area contributed by atoms with Crippen LogP contribution in [0.4, 0.5) is 5.82 Å². The summed E-state index contributed by atoms with van der Waals surface area (Å²) in [6, 6.07) is 4.95. The molecular formula is C16H17N3O4S. The van der Waals surface area contributed by atoms with Crippen molar-refractivity contribution in [1.82, 2.24) is 9.97 Å². The van der Waals surface area contributed by atoms with E-state index in [1.54, 1.807) is 12.1 Å². The lowest BCUT2D eigenvalue weighted by Crippen LogP contribution is -2.24. The number of esters is 1. The van der Waals surface area contributed by atoms with Gasteiger partial charge in [0.1, 0.15) is 10.8 Å². The van der Waals surface area contributed by atoms with Crippen molar-refractivity contribution in [2.45, 2.75) is 25.8 Å². The maximum absolute atomic E-state index is 11.8. The highest BCUT2D eigenvalue weighted by Gasteiger charge is 2.31. The second-order valence-corrected chi connectivity index (χ2v) is 6.72. The van der Waals surface area contributed by atoms with E-state index in [-0.39, 0.29) is 11.7 Å². The minimum atomic E-state index is -1.05. The zero-order valence-corrected chi connectivity index (χ0v) is 14.2. The summed E-state index contributed by atoms with van der Waals surface area (Å²) in [6.07, 6.45) is 1.84. The standard InChI is InChI=1S/C16H17N3O4S/c1-9-13(16(22)23-2)18-14(24-9)11-6-4-8-19(11)12-7-3-5-10(17-12)15(20)21/h3,5,7,11H,4,6,8H2,1-2H3,(H,20,21). The summed E-state index contributed by atoms with van der Waals surface area (Å²) in [7, 11) is 1.34. The van der Waals surface area contributed by atoms with Gasteiger partial charge < -0.3 is 14.7 Å². The molecule has 0 radical (unpaired) electrons. The lowest BCUT2D eigenvalue weighted by Gasteiger charge is -2.24. The number of carbonyl (C=O) groups excluding carboxylic acids is 1. The van der Waals surface area contributed by atoms with E-state index in [0.29, 0.717) is 11.5 Å². The Labute approximate surface area is 142 Å². The fourth-order valence-electron chi connectivity index (χ4n) is 2.85. The van der Waals surface area contributed by atoms with Gasteiger partial charge in [0, 0.05) is 11.4 Å². The highest BCUT2D eigenvalue weighted by atomic mass is 32.1. The van der Waals surface area contributed by atoms with E-state index in [4.69, 9.17) is 9.84 Å². The highest BCUT2D eigenvalue weighted by Crippen LogP contribution is 2.37. The first-order valence-corrected chi connectivity index (χ1v) is 8.35. The number of ether oxygens (including phenoxy) is 1. The van der Waals surface area contributed by atoms with E-state index in [1.165, 1.54) is 24.5 Å². The number of aromatic nitrogens is 2. The Morgan fingerprint density at radius 1 is 1.38 bits per heavy atom. The molecule has 2 aromatic heterocycles. The Morgan fingerprint density at radius 3 is 2.88 bits per heavy atom. The molecule has 3 heterocycles. The van der Waals surface area contributed by atoms with Gasteiger partial charge in [0.25, 0.3) is 0 Å². The molecule has 8 heteroatoms. The lowest BCUT2D eigenvalue weighted by atomic mass is 10.2. The smallest absolute Gasteiger partial charge is 0.357 e. The number of aromatic carboxylic acids is 1. The minimum Gasteiger partial charge on any atom is -0.477 e. The van der Waals surface area contributed by atoms with Crippen LogP contribution in [0.2, 0.25) is 0 Å². The maximum Gasteiger partial charge on any atom is 0.357 e. The lowest BCUT2D eigenvalue weighted by molar-refractivity contribution is 0.0593. The third-order valence-corrected chi connectivity index (χ3v) is 5.05. The van der Waals surface area contributed by atoms with Gasteiger partial charge in [0.15, 0.2) is 11.4 Å². The quantitative estimate of drug-likeness (QED) is 0.850. The van der Waals surface area contributed by atoms with E-state index in [0.717, 1.165) is 29.3 Å². The van der Waals surface area contributed by atoms with Crippen molar-refractivity contribution in [3.63, 3.8) is 0 Å². The predicted molar refractivity (Wildman–Crippen MR) is 88.7 cm³/mol. The molecule has 1 saturated heterocycles. The van der Waals surface area contributed by atoms with E-state index in [9.17, 15) is 9.59 Å². The number of hydrogen-bond acceptors (Lipinski definition) is 7. The van der Waals surface area contributed by atoms with Crippen LogP contribution in [0.15, 0.2) is 18.2 Å². The summed E-state index contributed by atoms with van der Waals surface area (Å²) in [6.45, 7) is 2.61. The monoisotopic (exact) mass is 347 g/mol. The Hall–Kier alpha value is -2.48. The molecule has 1 atom stereocenters. The molecule has 1 aliphatic heterocycles. The van der Waals surface area contributed by atoms with Crippen molar-refractivity contribution in [2.24, 2.45) is 0 Å². The van der Waals surface area contributed by atoms with E-state index in [1.807, 2.05) is 11.8 Å². The molecule has 126 valence electrons. The third kappa shape index (κ3) is 2.96. The van der Waals surface area contributed by atoms with Gasteiger partial charge in [-0.3, -0.25) is 0 Å². The Bertz CT molecular complexity index is 789. The number of pyridine rings is 1. The zero-order valence-electron chi connectivity index (χ0n) is 13.4. The summed E-state index contributed by atoms with van der Waals surface area (Å²) in [4.78, 5) is 34.4. The molecule has 1 N–H and O–H groups in total. The first-order chi connectivity index (χ1) is 11.5. The topological polar surface area (TPSA) is 92.6 Å². The van der Waals surface area contributed by atoms with Gasteiger partial charge in [-0.15, -0.1) is 11.3 Å². The molecule has 0 saturated carbocycles. The van der Waals surface area contributed by atoms with Crippen LogP contribution in [-0.4, -0.2) is 40.7 Å². The number of carboxylic acid groups (broad SMARTS) is 1. The van der Waals surface area contributed by atoms with Crippen molar-refractivity contribution in [2.75, 3.05) is 18.6 Å². The number of nitrogens with zero attached hydrogens (tertiary/aromatic N) is 3. The molecule has 1 aliphatic rings. The van der Waals surface area contributed by atoms with Gasteiger partial charge in [0.05, 0.1) is 13.2 Å². The number of thiazole rings is 1. The summed E-state index contributed by atoms with van der Waals surface area (Å²) in [5.74, 6) is -0.874. The van der Waals surface area contributed by atoms with Gasteiger partial charge >= 0.3 is 11.9 Å². The summed E-state index contributed by atoms with van der Waals surface area (Å²) in [5, 5.41) is 9.95. The Balaban J connectivity index is 1.93. The number of hydrogen-bond donors (Lipinski definition) is 1. The second-order valence-electron chi connectivity index (χ2n) is 5.49. The molecule has 1 fully saturated rings. The molecule has 3 rings (SSSR count). The summed E-state index contributed by atoms with van der Waals surface area (Å²) >= 11 is 1.47. The number of carboxylic acids is 1. The normalized spacial score (nSPS) is 17.1. The highest BCUT2D eigenvalue weighted by molar-refractivity contribution is 7.12. The van der Waals surface area contributed by atoms with Crippen LogP contribution in [-0.2, 0) is 4.74 Å². The fourth-order valence-corrected chi connectivity index (χ4v) is 3.90. The van der Waals surface area contributed by atoms with Crippen LogP contribution < -0.4 is 4.90 Å². The van der Waals surface area contributed by atoms with Crippen LogP contribution in [0.1, 0.15) is 49.7 Å².